The van der Waals surface area contributed by atoms with Crippen LogP contribution in [0.3, 0.4) is 0 Å². The van der Waals surface area contributed by atoms with E-state index in [9.17, 15) is 5.11 Å². The van der Waals surface area contributed by atoms with Crippen molar-refractivity contribution in [3.8, 4) is 0 Å². The van der Waals surface area contributed by atoms with Gasteiger partial charge in [-0.2, -0.15) is 0 Å². The molecule has 88 valence electrons. The first-order chi connectivity index (χ1) is 7.59. The number of rotatable bonds is 2. The van der Waals surface area contributed by atoms with Crippen molar-refractivity contribution in [1.29, 1.82) is 0 Å². The minimum atomic E-state index is -0.274. The third-order valence-electron chi connectivity index (χ3n) is 3.32. The number of hydrogen-bond donors (Lipinski definition) is 2. The molecule has 1 heterocycles. The van der Waals surface area contributed by atoms with Crippen LogP contribution in [0.4, 0.5) is 5.69 Å². The molecular formula is C13H20N2O. The van der Waals surface area contributed by atoms with Gasteiger partial charge in [-0.05, 0) is 38.0 Å². The van der Waals surface area contributed by atoms with E-state index >= 15 is 0 Å². The number of aliphatic hydroxyl groups is 1. The Morgan fingerprint density at radius 2 is 2.19 bits per heavy atom. The summed E-state index contributed by atoms with van der Waals surface area (Å²) in [5, 5.41) is 10.1. The lowest BCUT2D eigenvalue weighted by atomic mass is 10.0. The fourth-order valence-corrected chi connectivity index (χ4v) is 2.54. The van der Waals surface area contributed by atoms with Crippen molar-refractivity contribution in [2.75, 3.05) is 12.3 Å². The summed E-state index contributed by atoms with van der Waals surface area (Å²) in [4.78, 5) is 2.33. The Bertz CT molecular complexity index is 365. The summed E-state index contributed by atoms with van der Waals surface area (Å²) in [5.41, 5.74) is 7.68. The minimum Gasteiger partial charge on any atom is -0.399 e. The molecule has 1 aromatic carbocycles. The van der Waals surface area contributed by atoms with Gasteiger partial charge in [0.2, 0.25) is 0 Å². The Balaban J connectivity index is 2.30. The summed E-state index contributed by atoms with van der Waals surface area (Å²) in [6.45, 7) is 5.28. The summed E-state index contributed by atoms with van der Waals surface area (Å²) in [6.07, 6.45) is 0.571. The zero-order valence-electron chi connectivity index (χ0n) is 9.93. The van der Waals surface area contributed by atoms with Crippen molar-refractivity contribution in [2.45, 2.75) is 38.5 Å². The number of aliphatic hydroxyl groups excluding tert-OH is 1. The lowest BCUT2D eigenvalue weighted by Gasteiger charge is -2.30. The highest BCUT2D eigenvalue weighted by Gasteiger charge is 2.35. The second-order valence-corrected chi connectivity index (χ2v) is 4.80. The molecule has 1 aliphatic heterocycles. The minimum absolute atomic E-state index is 0.100. The molecule has 3 N–H and O–H groups in total. The monoisotopic (exact) mass is 220 g/mol. The highest BCUT2D eigenvalue weighted by Crippen LogP contribution is 2.34. The number of hydrogen-bond acceptors (Lipinski definition) is 3. The average Bonchev–Trinajstić information content (AvgIpc) is 2.60. The molecule has 0 radical (unpaired) electrons. The van der Waals surface area contributed by atoms with Gasteiger partial charge in [0.25, 0.3) is 0 Å². The molecule has 0 saturated carbocycles. The van der Waals surface area contributed by atoms with E-state index in [1.54, 1.807) is 0 Å². The maximum absolute atomic E-state index is 10.1. The van der Waals surface area contributed by atoms with E-state index in [1.807, 2.05) is 24.3 Å². The number of anilines is 1. The van der Waals surface area contributed by atoms with E-state index in [0.717, 1.165) is 24.2 Å². The molecule has 1 aliphatic rings. The Morgan fingerprint density at radius 1 is 1.44 bits per heavy atom. The summed E-state index contributed by atoms with van der Waals surface area (Å²) < 4.78 is 0. The van der Waals surface area contributed by atoms with Crippen LogP contribution in [0, 0.1) is 0 Å². The topological polar surface area (TPSA) is 49.5 Å². The average molecular weight is 220 g/mol. The maximum Gasteiger partial charge on any atom is 0.0749 e. The number of nitrogen functional groups attached to an aromatic ring is 1. The van der Waals surface area contributed by atoms with E-state index in [0.29, 0.717) is 6.04 Å². The van der Waals surface area contributed by atoms with Crippen LogP contribution in [-0.2, 0) is 0 Å². The molecule has 1 saturated heterocycles. The predicted molar refractivity (Wildman–Crippen MR) is 66.1 cm³/mol. The van der Waals surface area contributed by atoms with Gasteiger partial charge in [-0.15, -0.1) is 0 Å². The Hall–Kier alpha value is -1.06. The van der Waals surface area contributed by atoms with Gasteiger partial charge in [0.1, 0.15) is 0 Å². The van der Waals surface area contributed by atoms with Crippen LogP contribution in [0.25, 0.3) is 0 Å². The molecule has 0 bridgehead atoms. The van der Waals surface area contributed by atoms with Crippen molar-refractivity contribution in [3.63, 3.8) is 0 Å². The number of nitrogens with zero attached hydrogens (tertiary/aromatic N) is 1. The number of benzene rings is 1. The molecule has 1 fully saturated rings. The van der Waals surface area contributed by atoms with Gasteiger partial charge in [-0.25, -0.2) is 0 Å². The Kier molecular flexibility index (Phi) is 3.17. The molecular weight excluding hydrogens is 200 g/mol. The zero-order valence-corrected chi connectivity index (χ0v) is 9.93. The van der Waals surface area contributed by atoms with Crippen LogP contribution in [0.2, 0.25) is 0 Å². The van der Waals surface area contributed by atoms with Crippen LogP contribution in [0.15, 0.2) is 24.3 Å². The van der Waals surface area contributed by atoms with Gasteiger partial charge in [0, 0.05) is 18.3 Å². The van der Waals surface area contributed by atoms with E-state index in [4.69, 9.17) is 5.73 Å². The second kappa shape index (κ2) is 4.44. The zero-order chi connectivity index (χ0) is 11.7. The lowest BCUT2D eigenvalue weighted by molar-refractivity contribution is 0.101. The SMILES string of the molecule is CC(C)N1CCC(O)C1c1cccc(N)c1. The van der Waals surface area contributed by atoms with Crippen molar-refractivity contribution < 1.29 is 5.11 Å². The van der Waals surface area contributed by atoms with Crippen LogP contribution in [0.1, 0.15) is 31.9 Å². The van der Waals surface area contributed by atoms with Gasteiger partial charge in [0.15, 0.2) is 0 Å². The number of nitrogens with two attached hydrogens (primary N) is 1. The molecule has 2 unspecified atom stereocenters. The number of likely N-dealkylation sites (tertiary alicyclic amines) is 1. The van der Waals surface area contributed by atoms with E-state index in [1.165, 1.54) is 0 Å². The molecule has 0 aromatic heterocycles. The molecule has 1 aromatic rings. The van der Waals surface area contributed by atoms with E-state index < -0.39 is 0 Å². The van der Waals surface area contributed by atoms with Gasteiger partial charge in [-0.1, -0.05) is 12.1 Å². The molecule has 16 heavy (non-hydrogen) atoms. The van der Waals surface area contributed by atoms with Crippen LogP contribution >= 0.6 is 0 Å². The first-order valence-electron chi connectivity index (χ1n) is 5.89. The summed E-state index contributed by atoms with van der Waals surface area (Å²) in [7, 11) is 0. The van der Waals surface area contributed by atoms with Crippen molar-refractivity contribution in [1.82, 2.24) is 4.90 Å². The fraction of sp³-hybridized carbons (Fsp3) is 0.538. The molecule has 2 atom stereocenters. The highest BCUT2D eigenvalue weighted by atomic mass is 16.3. The van der Waals surface area contributed by atoms with Crippen LogP contribution in [0.5, 0.6) is 0 Å². The largest absolute Gasteiger partial charge is 0.399 e. The second-order valence-electron chi connectivity index (χ2n) is 4.80. The quantitative estimate of drug-likeness (QED) is 0.747. The Labute approximate surface area is 96.9 Å². The van der Waals surface area contributed by atoms with E-state index in [2.05, 4.69) is 18.7 Å². The third-order valence-corrected chi connectivity index (χ3v) is 3.32. The summed E-state index contributed by atoms with van der Waals surface area (Å²) >= 11 is 0. The van der Waals surface area contributed by atoms with Gasteiger partial charge in [-0.3, -0.25) is 4.90 Å². The first-order valence-corrected chi connectivity index (χ1v) is 5.89. The van der Waals surface area contributed by atoms with Crippen molar-refractivity contribution >= 4 is 5.69 Å². The highest BCUT2D eigenvalue weighted by molar-refractivity contribution is 5.42. The molecule has 0 spiro atoms. The van der Waals surface area contributed by atoms with Gasteiger partial charge in [0.05, 0.1) is 12.1 Å². The standard InChI is InChI=1S/C13H20N2O/c1-9(2)15-7-6-12(16)13(15)10-4-3-5-11(14)8-10/h3-5,8-9,12-13,16H,6-7,14H2,1-2H3. The normalized spacial score (nSPS) is 26.5. The maximum atomic E-state index is 10.1. The molecule has 0 amide bonds. The lowest BCUT2D eigenvalue weighted by Crippen LogP contribution is -2.33. The Morgan fingerprint density at radius 3 is 2.81 bits per heavy atom. The van der Waals surface area contributed by atoms with Gasteiger partial charge >= 0.3 is 0 Å². The van der Waals surface area contributed by atoms with E-state index in [-0.39, 0.29) is 12.1 Å². The first kappa shape index (κ1) is 11.4. The molecule has 0 aliphatic carbocycles. The molecule has 2 rings (SSSR count). The van der Waals surface area contributed by atoms with Crippen LogP contribution in [-0.4, -0.2) is 28.7 Å². The van der Waals surface area contributed by atoms with Crippen molar-refractivity contribution in [3.05, 3.63) is 29.8 Å². The predicted octanol–water partition coefficient (Wildman–Crippen LogP) is 1.78. The fourth-order valence-electron chi connectivity index (χ4n) is 2.54. The van der Waals surface area contributed by atoms with Gasteiger partial charge < -0.3 is 10.8 Å². The summed E-state index contributed by atoms with van der Waals surface area (Å²) in [6, 6.07) is 8.39. The van der Waals surface area contributed by atoms with Crippen molar-refractivity contribution in [2.24, 2.45) is 0 Å². The third kappa shape index (κ3) is 2.06. The molecule has 3 nitrogen and oxygen atoms in total. The summed E-state index contributed by atoms with van der Waals surface area (Å²) in [5.74, 6) is 0. The van der Waals surface area contributed by atoms with Crippen LogP contribution < -0.4 is 5.73 Å². The smallest absolute Gasteiger partial charge is 0.0749 e. The molecule has 3 heteroatoms.